The minimum atomic E-state index is 0.250. The number of aryl methyl sites for hydroxylation is 2. The van der Waals surface area contributed by atoms with Gasteiger partial charge in [0.25, 0.3) is 0 Å². The monoisotopic (exact) mass is 415 g/mol. The summed E-state index contributed by atoms with van der Waals surface area (Å²) in [6.07, 6.45) is 1.13. The van der Waals surface area contributed by atoms with Gasteiger partial charge in [-0.3, -0.25) is 0 Å². The second-order valence-electron chi connectivity index (χ2n) is 4.96. The van der Waals surface area contributed by atoms with Gasteiger partial charge in [0.15, 0.2) is 0 Å². The smallest absolute Gasteiger partial charge is 0.0685 e. The van der Waals surface area contributed by atoms with Crippen LogP contribution in [0.5, 0.6) is 0 Å². The van der Waals surface area contributed by atoms with E-state index >= 15 is 0 Å². The van der Waals surface area contributed by atoms with Crippen molar-refractivity contribution in [3.8, 4) is 0 Å². The Balaban J connectivity index is 2.46. The Hall–Kier alpha value is -0.160. The van der Waals surface area contributed by atoms with Crippen LogP contribution < -0.4 is 5.32 Å². The third-order valence-electron chi connectivity index (χ3n) is 3.25. The van der Waals surface area contributed by atoms with Gasteiger partial charge in [0.05, 0.1) is 6.04 Å². The van der Waals surface area contributed by atoms with Crippen LogP contribution in [0.4, 0.5) is 0 Å². The van der Waals surface area contributed by atoms with E-state index in [4.69, 9.17) is 0 Å². The van der Waals surface area contributed by atoms with Crippen molar-refractivity contribution in [2.45, 2.75) is 33.2 Å². The fourth-order valence-electron chi connectivity index (χ4n) is 2.25. The Morgan fingerprint density at radius 2 is 1.95 bits per heavy atom. The van der Waals surface area contributed by atoms with Gasteiger partial charge in [0.1, 0.15) is 0 Å². The third-order valence-corrected chi connectivity index (χ3v) is 5.78. The molecule has 1 unspecified atom stereocenters. The van der Waals surface area contributed by atoms with Crippen molar-refractivity contribution in [1.29, 1.82) is 0 Å². The minimum Gasteiger partial charge on any atom is -0.306 e. The van der Waals surface area contributed by atoms with E-state index < -0.39 is 0 Å². The molecule has 1 nitrogen and oxygen atoms in total. The molecule has 2 rings (SSSR count). The van der Waals surface area contributed by atoms with Crippen molar-refractivity contribution in [2.75, 3.05) is 6.54 Å². The molecule has 1 atom stereocenters. The highest BCUT2D eigenvalue weighted by Crippen LogP contribution is 2.37. The number of nitrogens with one attached hydrogen (secondary N) is 1. The zero-order chi connectivity index (χ0) is 14.7. The van der Waals surface area contributed by atoms with Crippen LogP contribution in [0.25, 0.3) is 0 Å². The molecule has 0 saturated carbocycles. The predicted molar refractivity (Wildman–Crippen MR) is 95.8 cm³/mol. The number of halogens is 2. The molecule has 1 aromatic heterocycles. The van der Waals surface area contributed by atoms with Crippen LogP contribution in [0.15, 0.2) is 33.2 Å². The van der Waals surface area contributed by atoms with E-state index in [-0.39, 0.29) is 6.04 Å². The molecular formula is C16H19Br2NS. The van der Waals surface area contributed by atoms with E-state index in [1.807, 2.05) is 11.3 Å². The van der Waals surface area contributed by atoms with Crippen molar-refractivity contribution in [3.05, 3.63) is 54.1 Å². The zero-order valence-electron chi connectivity index (χ0n) is 12.0. The average Bonchev–Trinajstić information content (AvgIpc) is 2.73. The first-order valence-electron chi connectivity index (χ1n) is 6.78. The molecule has 108 valence electrons. The predicted octanol–water partition coefficient (Wildman–Crippen LogP) is 5.98. The highest BCUT2D eigenvalue weighted by molar-refractivity contribution is 9.10. The summed E-state index contributed by atoms with van der Waals surface area (Å²) < 4.78 is 2.33. The van der Waals surface area contributed by atoms with E-state index in [0.29, 0.717) is 0 Å². The molecule has 20 heavy (non-hydrogen) atoms. The molecule has 1 N–H and O–H groups in total. The number of thiophene rings is 1. The van der Waals surface area contributed by atoms with E-state index in [1.54, 1.807) is 0 Å². The van der Waals surface area contributed by atoms with Gasteiger partial charge in [0, 0.05) is 18.7 Å². The number of hydrogen-bond donors (Lipinski definition) is 1. The SMILES string of the molecule is CCCNC(c1cc(Br)ccc1C)c1sc(C)cc1Br. The van der Waals surface area contributed by atoms with E-state index in [2.05, 4.69) is 82.2 Å². The van der Waals surface area contributed by atoms with E-state index in [1.165, 1.54) is 25.4 Å². The van der Waals surface area contributed by atoms with Crippen LogP contribution in [0, 0.1) is 13.8 Å². The highest BCUT2D eigenvalue weighted by atomic mass is 79.9. The lowest BCUT2D eigenvalue weighted by Gasteiger charge is -2.21. The van der Waals surface area contributed by atoms with E-state index in [9.17, 15) is 0 Å². The van der Waals surface area contributed by atoms with Gasteiger partial charge >= 0.3 is 0 Å². The summed E-state index contributed by atoms with van der Waals surface area (Å²) in [7, 11) is 0. The van der Waals surface area contributed by atoms with Gasteiger partial charge in [-0.1, -0.05) is 28.9 Å². The van der Waals surface area contributed by atoms with Crippen LogP contribution >= 0.6 is 43.2 Å². The largest absolute Gasteiger partial charge is 0.306 e. The summed E-state index contributed by atoms with van der Waals surface area (Å²) in [6, 6.07) is 8.96. The van der Waals surface area contributed by atoms with Gasteiger partial charge in [-0.2, -0.15) is 0 Å². The van der Waals surface area contributed by atoms with Crippen molar-refractivity contribution < 1.29 is 0 Å². The molecule has 2 aromatic rings. The second kappa shape index (κ2) is 7.21. The second-order valence-corrected chi connectivity index (χ2v) is 8.02. The Kier molecular flexibility index (Phi) is 5.84. The molecule has 0 aliphatic heterocycles. The molecular weight excluding hydrogens is 398 g/mol. The minimum absolute atomic E-state index is 0.250. The maximum absolute atomic E-state index is 3.71. The van der Waals surface area contributed by atoms with Gasteiger partial charge in [-0.05, 0) is 72.1 Å². The van der Waals surface area contributed by atoms with Crippen molar-refractivity contribution in [3.63, 3.8) is 0 Å². The normalized spacial score (nSPS) is 12.7. The molecule has 0 bridgehead atoms. The van der Waals surface area contributed by atoms with Crippen LogP contribution in [-0.4, -0.2) is 6.54 Å². The molecule has 0 spiro atoms. The molecule has 0 amide bonds. The molecule has 0 aliphatic rings. The molecule has 1 aromatic carbocycles. The summed E-state index contributed by atoms with van der Waals surface area (Å²) in [4.78, 5) is 2.69. The van der Waals surface area contributed by atoms with Crippen LogP contribution in [-0.2, 0) is 0 Å². The Labute approximate surface area is 142 Å². The van der Waals surface area contributed by atoms with Crippen molar-refractivity contribution in [2.24, 2.45) is 0 Å². The lowest BCUT2D eigenvalue weighted by atomic mass is 10.00. The first-order valence-corrected chi connectivity index (χ1v) is 9.18. The van der Waals surface area contributed by atoms with Crippen LogP contribution in [0.2, 0.25) is 0 Å². The molecule has 1 heterocycles. The van der Waals surface area contributed by atoms with Crippen LogP contribution in [0.1, 0.15) is 40.3 Å². The molecule has 0 fully saturated rings. The summed E-state index contributed by atoms with van der Waals surface area (Å²) in [5, 5.41) is 3.68. The van der Waals surface area contributed by atoms with Crippen LogP contribution in [0.3, 0.4) is 0 Å². The molecule has 0 saturated heterocycles. The molecule has 0 aliphatic carbocycles. The Morgan fingerprint density at radius 1 is 1.20 bits per heavy atom. The summed E-state index contributed by atoms with van der Waals surface area (Å²) in [5.41, 5.74) is 2.66. The fourth-order valence-corrected chi connectivity index (χ4v) is 4.61. The van der Waals surface area contributed by atoms with Gasteiger partial charge in [-0.15, -0.1) is 11.3 Å². The first kappa shape index (κ1) is 16.2. The number of hydrogen-bond acceptors (Lipinski definition) is 2. The first-order chi connectivity index (χ1) is 9.52. The molecule has 4 heteroatoms. The average molecular weight is 417 g/mol. The molecule has 0 radical (unpaired) electrons. The summed E-state index contributed by atoms with van der Waals surface area (Å²) in [5.74, 6) is 0. The third kappa shape index (κ3) is 3.73. The summed E-state index contributed by atoms with van der Waals surface area (Å²) in [6.45, 7) is 7.55. The van der Waals surface area contributed by atoms with Gasteiger partial charge < -0.3 is 5.32 Å². The number of rotatable bonds is 5. The standard InChI is InChI=1S/C16H19Br2NS/c1-4-7-19-15(16-14(18)8-11(3)20-16)13-9-12(17)6-5-10(13)2/h5-6,8-9,15,19H,4,7H2,1-3H3. The maximum atomic E-state index is 3.71. The Bertz CT molecular complexity index is 592. The van der Waals surface area contributed by atoms with Crippen molar-refractivity contribution in [1.82, 2.24) is 5.32 Å². The maximum Gasteiger partial charge on any atom is 0.0685 e. The Morgan fingerprint density at radius 3 is 2.55 bits per heavy atom. The van der Waals surface area contributed by atoms with E-state index in [0.717, 1.165) is 17.4 Å². The zero-order valence-corrected chi connectivity index (χ0v) is 16.0. The van der Waals surface area contributed by atoms with Crippen molar-refractivity contribution >= 4 is 43.2 Å². The topological polar surface area (TPSA) is 12.0 Å². The highest BCUT2D eigenvalue weighted by Gasteiger charge is 2.20. The number of benzene rings is 1. The lowest BCUT2D eigenvalue weighted by Crippen LogP contribution is -2.23. The lowest BCUT2D eigenvalue weighted by molar-refractivity contribution is 0.602. The summed E-state index contributed by atoms with van der Waals surface area (Å²) >= 11 is 9.16. The van der Waals surface area contributed by atoms with Gasteiger partial charge in [0.2, 0.25) is 0 Å². The van der Waals surface area contributed by atoms with Gasteiger partial charge in [-0.25, -0.2) is 0 Å². The quantitative estimate of drug-likeness (QED) is 0.632. The fraction of sp³-hybridized carbons (Fsp3) is 0.375.